The molecule has 0 aromatic rings. The molecule has 0 saturated carbocycles. The Morgan fingerprint density at radius 3 is 2.67 bits per heavy atom. The molecule has 0 nitrogen and oxygen atoms in total. The largest absolute Gasteiger partial charge is 0.272 e. The molecule has 0 rings (SSSR count). The van der Waals surface area contributed by atoms with Crippen LogP contribution in [-0.4, -0.2) is 6.13 Å². The van der Waals surface area contributed by atoms with Crippen molar-refractivity contribution in [1.29, 1.82) is 0 Å². The van der Waals surface area contributed by atoms with Crippen LogP contribution in [0.5, 0.6) is 0 Å². The van der Waals surface area contributed by atoms with Gasteiger partial charge in [-0.1, -0.05) is 32.7 Å². The number of halogens is 1. The molecule has 0 aliphatic rings. The summed E-state index contributed by atoms with van der Waals surface area (Å²) < 4.78 is 0. The van der Waals surface area contributed by atoms with Gasteiger partial charge in [0.1, 0.15) is 0 Å². The molecular formula is C7H14BCl. The summed E-state index contributed by atoms with van der Waals surface area (Å²) in [6.45, 7) is 4.17. The van der Waals surface area contributed by atoms with Crippen LogP contribution in [0.3, 0.4) is 0 Å². The second-order valence-corrected chi connectivity index (χ2v) is 2.94. The second kappa shape index (κ2) is 6.22. The highest BCUT2D eigenvalue weighted by Crippen LogP contribution is 1.97. The lowest BCUT2D eigenvalue weighted by Gasteiger charge is -1.88. The number of hydrogen-bond acceptors (Lipinski definition) is 0. The van der Waals surface area contributed by atoms with E-state index in [-0.39, 0.29) is 6.13 Å². The molecule has 0 spiro atoms. The van der Waals surface area contributed by atoms with Gasteiger partial charge in [0, 0.05) is 0 Å². The Balaban J connectivity index is 3.04. The maximum atomic E-state index is 5.67. The van der Waals surface area contributed by atoms with Gasteiger partial charge in [0.15, 0.2) is 0 Å². The van der Waals surface area contributed by atoms with Gasteiger partial charge in [-0.3, -0.25) is 0 Å². The van der Waals surface area contributed by atoms with E-state index >= 15 is 0 Å². The zero-order chi connectivity index (χ0) is 7.11. The van der Waals surface area contributed by atoms with Crippen LogP contribution in [0, 0.1) is 0 Å². The van der Waals surface area contributed by atoms with E-state index in [1.54, 1.807) is 0 Å². The van der Waals surface area contributed by atoms with Crippen molar-refractivity contribution < 1.29 is 0 Å². The van der Waals surface area contributed by atoms with Gasteiger partial charge >= 0.3 is 0 Å². The molecule has 0 fully saturated rings. The molecule has 52 valence electrons. The summed E-state index contributed by atoms with van der Waals surface area (Å²) in [5.74, 6) is 2.04. The first-order chi connectivity index (χ1) is 4.27. The Morgan fingerprint density at radius 1 is 1.56 bits per heavy atom. The molecule has 0 bridgehead atoms. The maximum absolute atomic E-state index is 5.67. The smallest absolute Gasteiger partial charge is 0.190 e. The van der Waals surface area contributed by atoms with E-state index in [1.807, 2.05) is 12.8 Å². The molecule has 0 unspecified atom stereocenters. The standard InChI is InChI=1S/C7H14BCl/c1-3-4-5-6-7-8(2)9/h6-7H,3-5H2,1-2H3/b7-6+. The van der Waals surface area contributed by atoms with Crippen LogP contribution >= 0.6 is 11.5 Å². The summed E-state index contributed by atoms with van der Waals surface area (Å²) in [7, 11) is 0. The molecule has 0 atom stereocenters. The van der Waals surface area contributed by atoms with Crippen molar-refractivity contribution in [3.8, 4) is 0 Å². The summed E-state index contributed by atoms with van der Waals surface area (Å²) >= 11 is 5.67. The highest BCUT2D eigenvalue weighted by atomic mass is 35.5. The Kier molecular flexibility index (Phi) is 6.28. The SMILES string of the molecule is CCCC/C=C/B(C)Cl. The fourth-order valence-corrected chi connectivity index (χ4v) is 0.709. The highest BCUT2D eigenvalue weighted by molar-refractivity contribution is 7.09. The lowest BCUT2D eigenvalue weighted by atomic mass is 9.80. The topological polar surface area (TPSA) is 0 Å². The number of hydrogen-bond donors (Lipinski definition) is 0. The van der Waals surface area contributed by atoms with Crippen molar-refractivity contribution in [3.05, 3.63) is 12.1 Å². The lowest BCUT2D eigenvalue weighted by Crippen LogP contribution is -1.87. The van der Waals surface area contributed by atoms with Crippen molar-refractivity contribution in [3.63, 3.8) is 0 Å². The zero-order valence-corrected chi connectivity index (χ0v) is 6.99. The van der Waals surface area contributed by atoms with Gasteiger partial charge in [-0.15, -0.1) is 5.98 Å². The first-order valence-electron chi connectivity index (χ1n) is 3.58. The van der Waals surface area contributed by atoms with Crippen molar-refractivity contribution in [2.75, 3.05) is 0 Å². The van der Waals surface area contributed by atoms with E-state index in [2.05, 4.69) is 13.0 Å². The third-order valence-corrected chi connectivity index (χ3v) is 1.27. The summed E-state index contributed by atoms with van der Waals surface area (Å²) in [6.07, 6.45) is 6.07. The first-order valence-corrected chi connectivity index (χ1v) is 4.01. The van der Waals surface area contributed by atoms with Gasteiger partial charge in [0.2, 0.25) is 0 Å². The quantitative estimate of drug-likeness (QED) is 0.420. The van der Waals surface area contributed by atoms with Crippen LogP contribution in [0.4, 0.5) is 0 Å². The molecule has 0 N–H and O–H groups in total. The summed E-state index contributed by atoms with van der Waals surface area (Å²) in [6, 6.07) is 0. The molecule has 0 heterocycles. The Labute approximate surface area is 63.3 Å². The summed E-state index contributed by atoms with van der Waals surface area (Å²) in [4.78, 5) is 0. The fraction of sp³-hybridized carbons (Fsp3) is 0.714. The van der Waals surface area contributed by atoms with E-state index < -0.39 is 0 Å². The van der Waals surface area contributed by atoms with Gasteiger partial charge in [-0.2, -0.15) is 11.5 Å². The second-order valence-electron chi connectivity index (χ2n) is 2.25. The minimum absolute atomic E-state index is 0.196. The van der Waals surface area contributed by atoms with Crippen LogP contribution in [-0.2, 0) is 0 Å². The van der Waals surface area contributed by atoms with Gasteiger partial charge in [-0.05, 0) is 6.42 Å². The van der Waals surface area contributed by atoms with E-state index in [1.165, 1.54) is 19.3 Å². The third kappa shape index (κ3) is 8.09. The predicted octanol–water partition coefficient (Wildman–Crippen LogP) is 3.13. The van der Waals surface area contributed by atoms with E-state index in [0.29, 0.717) is 0 Å². The Bertz CT molecular complexity index is 79.0. The molecule has 0 radical (unpaired) electrons. The average Bonchev–Trinajstić information content (AvgIpc) is 1.80. The maximum Gasteiger partial charge on any atom is 0.272 e. The van der Waals surface area contributed by atoms with E-state index in [9.17, 15) is 0 Å². The first kappa shape index (κ1) is 9.09. The summed E-state index contributed by atoms with van der Waals surface area (Å²) in [5.41, 5.74) is 0. The molecular weight excluding hydrogens is 130 g/mol. The monoisotopic (exact) mass is 144 g/mol. The van der Waals surface area contributed by atoms with Gasteiger partial charge < -0.3 is 0 Å². The van der Waals surface area contributed by atoms with Crippen molar-refractivity contribution in [2.24, 2.45) is 0 Å². The van der Waals surface area contributed by atoms with Gasteiger partial charge in [-0.25, -0.2) is 0 Å². The normalized spacial score (nSPS) is 10.6. The van der Waals surface area contributed by atoms with Crippen molar-refractivity contribution >= 4 is 17.6 Å². The molecule has 9 heavy (non-hydrogen) atoms. The minimum Gasteiger partial charge on any atom is -0.190 e. The highest BCUT2D eigenvalue weighted by Gasteiger charge is 1.90. The van der Waals surface area contributed by atoms with Gasteiger partial charge in [0.25, 0.3) is 6.13 Å². The Morgan fingerprint density at radius 2 is 2.22 bits per heavy atom. The fourth-order valence-electron chi connectivity index (χ4n) is 0.606. The number of rotatable bonds is 4. The lowest BCUT2D eigenvalue weighted by molar-refractivity contribution is 0.815. The van der Waals surface area contributed by atoms with Crippen LogP contribution in [0.1, 0.15) is 26.2 Å². The van der Waals surface area contributed by atoms with Crippen molar-refractivity contribution in [2.45, 2.75) is 33.0 Å². The van der Waals surface area contributed by atoms with Crippen LogP contribution in [0.25, 0.3) is 0 Å². The average molecular weight is 144 g/mol. The Hall–Kier alpha value is 0.0949. The van der Waals surface area contributed by atoms with Crippen LogP contribution < -0.4 is 0 Å². The molecule has 0 saturated heterocycles. The molecule has 0 amide bonds. The van der Waals surface area contributed by atoms with E-state index in [4.69, 9.17) is 11.5 Å². The molecule has 2 heteroatoms. The molecule has 0 aliphatic carbocycles. The number of unbranched alkanes of at least 4 members (excludes halogenated alkanes) is 2. The third-order valence-electron chi connectivity index (χ3n) is 1.13. The minimum atomic E-state index is 0.196. The van der Waals surface area contributed by atoms with E-state index in [0.717, 1.165) is 0 Å². The summed E-state index contributed by atoms with van der Waals surface area (Å²) in [5, 5.41) is 0. The predicted molar refractivity (Wildman–Crippen MR) is 46.1 cm³/mol. The van der Waals surface area contributed by atoms with Crippen LogP contribution in [0.15, 0.2) is 12.1 Å². The molecule has 0 aromatic heterocycles. The number of allylic oxidation sites excluding steroid dienone is 1. The zero-order valence-electron chi connectivity index (χ0n) is 6.23. The van der Waals surface area contributed by atoms with Gasteiger partial charge in [0.05, 0.1) is 0 Å². The van der Waals surface area contributed by atoms with Crippen LogP contribution in [0.2, 0.25) is 6.82 Å². The molecule has 0 aliphatic heterocycles. The van der Waals surface area contributed by atoms with Crippen molar-refractivity contribution in [1.82, 2.24) is 0 Å². The molecule has 0 aromatic carbocycles.